The molecule has 5 rings (SSSR count). The maximum atomic E-state index is 13.3. The number of hydrogen-bond donors (Lipinski definition) is 0. The second kappa shape index (κ2) is 4.97. The van der Waals surface area contributed by atoms with Crippen molar-refractivity contribution in [2.24, 2.45) is 11.8 Å². The van der Waals surface area contributed by atoms with Gasteiger partial charge in [-0.1, -0.05) is 74.2 Å². The second-order valence-corrected chi connectivity index (χ2v) is 14.2. The summed E-state index contributed by atoms with van der Waals surface area (Å²) in [6, 6.07) is 18.2. The second-order valence-electron chi connectivity index (χ2n) is 8.93. The van der Waals surface area contributed by atoms with Crippen LogP contribution in [-0.4, -0.2) is 31.8 Å². The van der Waals surface area contributed by atoms with E-state index in [0.717, 1.165) is 16.7 Å². The van der Waals surface area contributed by atoms with Crippen molar-refractivity contribution in [2.75, 3.05) is 7.05 Å². The average Bonchev–Trinajstić information content (AvgIpc) is 3.24. The minimum Gasteiger partial charge on any atom is -0.356 e. The van der Waals surface area contributed by atoms with Gasteiger partial charge in [0.25, 0.3) is 0 Å². The molecule has 2 fully saturated rings. The van der Waals surface area contributed by atoms with Crippen molar-refractivity contribution >= 4 is 19.9 Å². The monoisotopic (exact) mass is 377 g/mol. The van der Waals surface area contributed by atoms with Gasteiger partial charge in [-0.3, -0.25) is 14.5 Å². The highest BCUT2D eigenvalue weighted by molar-refractivity contribution is 6.79. The van der Waals surface area contributed by atoms with E-state index in [2.05, 4.69) is 31.8 Å². The summed E-state index contributed by atoms with van der Waals surface area (Å²) in [6.07, 6.45) is 0. The Kier molecular flexibility index (Phi) is 3.11. The molecule has 3 aliphatic rings. The lowest BCUT2D eigenvalue weighted by Crippen LogP contribution is -2.55. The summed E-state index contributed by atoms with van der Waals surface area (Å²) in [7, 11) is -0.458. The third-order valence-corrected chi connectivity index (χ3v) is 9.68. The van der Waals surface area contributed by atoms with Crippen LogP contribution in [0.3, 0.4) is 0 Å². The zero-order valence-electron chi connectivity index (χ0n) is 16.0. The van der Waals surface area contributed by atoms with E-state index < -0.39 is 30.7 Å². The molecule has 2 bridgehead atoms. The largest absolute Gasteiger partial charge is 0.356 e. The van der Waals surface area contributed by atoms with E-state index in [1.54, 1.807) is 7.05 Å². The number of rotatable bonds is 2. The summed E-state index contributed by atoms with van der Waals surface area (Å²) in [5.74, 6) is -1.17. The van der Waals surface area contributed by atoms with Crippen LogP contribution in [0.15, 0.2) is 54.6 Å². The number of benzene rings is 2. The zero-order chi connectivity index (χ0) is 19.2. The lowest BCUT2D eigenvalue weighted by Gasteiger charge is -2.42. The van der Waals surface area contributed by atoms with Gasteiger partial charge < -0.3 is 4.74 Å². The summed E-state index contributed by atoms with van der Waals surface area (Å²) in [5, 5.41) is -0.693. The van der Waals surface area contributed by atoms with Crippen LogP contribution in [0.1, 0.15) is 16.7 Å². The molecule has 3 heterocycles. The third-order valence-electron chi connectivity index (χ3n) is 6.77. The molecule has 0 N–H and O–H groups in total. The van der Waals surface area contributed by atoms with Crippen LogP contribution in [0.4, 0.5) is 0 Å². The molecule has 5 heteroatoms. The molecule has 4 nitrogen and oxygen atoms in total. The molecule has 2 aromatic rings. The Balaban J connectivity index is 1.92. The van der Waals surface area contributed by atoms with E-state index in [1.165, 1.54) is 4.90 Å². The summed E-state index contributed by atoms with van der Waals surface area (Å²) in [6.45, 7) is 6.72. The number of imide groups is 1. The topological polar surface area (TPSA) is 46.6 Å². The maximum absolute atomic E-state index is 13.3. The third kappa shape index (κ3) is 1.68. The van der Waals surface area contributed by atoms with Crippen LogP contribution in [0.2, 0.25) is 19.6 Å². The molecule has 138 valence electrons. The van der Waals surface area contributed by atoms with Gasteiger partial charge in [-0.25, -0.2) is 0 Å². The Morgan fingerprint density at radius 3 is 2.04 bits per heavy atom. The molecule has 2 saturated heterocycles. The molecule has 0 spiro atoms. The first-order valence-corrected chi connectivity index (χ1v) is 12.9. The van der Waals surface area contributed by atoms with E-state index in [4.69, 9.17) is 4.74 Å². The van der Waals surface area contributed by atoms with E-state index in [-0.39, 0.29) is 11.8 Å². The quantitative estimate of drug-likeness (QED) is 0.596. The summed E-state index contributed by atoms with van der Waals surface area (Å²) < 4.78 is 7.02. The molecule has 0 radical (unpaired) electrons. The van der Waals surface area contributed by atoms with Crippen molar-refractivity contribution in [3.8, 4) is 0 Å². The lowest BCUT2D eigenvalue weighted by molar-refractivity contribution is -0.145. The van der Waals surface area contributed by atoms with E-state index in [9.17, 15) is 9.59 Å². The molecular weight excluding hydrogens is 354 g/mol. The van der Waals surface area contributed by atoms with Crippen LogP contribution >= 0.6 is 0 Å². The molecule has 27 heavy (non-hydrogen) atoms. The van der Waals surface area contributed by atoms with Gasteiger partial charge in [0.05, 0.1) is 25.1 Å². The van der Waals surface area contributed by atoms with Crippen molar-refractivity contribution in [3.05, 3.63) is 71.3 Å². The van der Waals surface area contributed by atoms with E-state index in [1.807, 2.05) is 42.5 Å². The predicted octanol–water partition coefficient (Wildman–Crippen LogP) is 3.28. The zero-order valence-corrected chi connectivity index (χ0v) is 17.0. The Morgan fingerprint density at radius 1 is 0.852 bits per heavy atom. The molecule has 2 aromatic carbocycles. The van der Waals surface area contributed by atoms with Gasteiger partial charge in [-0.2, -0.15) is 0 Å². The molecule has 4 atom stereocenters. The van der Waals surface area contributed by atoms with E-state index >= 15 is 0 Å². The minimum absolute atomic E-state index is 0.0975. The summed E-state index contributed by atoms with van der Waals surface area (Å²) in [5.41, 5.74) is 2.23. The molecule has 0 aliphatic carbocycles. The number of carbonyl (C=O) groups excluding carboxylic acids is 2. The van der Waals surface area contributed by atoms with Crippen molar-refractivity contribution in [1.29, 1.82) is 0 Å². The maximum Gasteiger partial charge on any atom is 0.236 e. The van der Waals surface area contributed by atoms with Gasteiger partial charge >= 0.3 is 0 Å². The number of amides is 2. The van der Waals surface area contributed by atoms with E-state index in [0.29, 0.717) is 0 Å². The van der Waals surface area contributed by atoms with Crippen LogP contribution in [0.5, 0.6) is 0 Å². The summed E-state index contributed by atoms with van der Waals surface area (Å²) in [4.78, 5) is 27.9. The molecule has 0 aromatic heterocycles. The van der Waals surface area contributed by atoms with Crippen molar-refractivity contribution in [3.63, 3.8) is 0 Å². The van der Waals surface area contributed by atoms with Gasteiger partial charge in [0.15, 0.2) is 0 Å². The highest BCUT2D eigenvalue weighted by Crippen LogP contribution is 2.70. The van der Waals surface area contributed by atoms with Crippen molar-refractivity contribution in [2.45, 2.75) is 30.5 Å². The van der Waals surface area contributed by atoms with Gasteiger partial charge in [0, 0.05) is 7.05 Å². The fraction of sp³-hybridized carbons (Fsp3) is 0.364. The molecular formula is C22H23NO3Si. The average molecular weight is 378 g/mol. The van der Waals surface area contributed by atoms with Gasteiger partial charge in [0.1, 0.15) is 5.60 Å². The number of likely N-dealkylation sites (tertiary alicyclic amines) is 1. The van der Waals surface area contributed by atoms with Gasteiger partial charge in [0.2, 0.25) is 11.8 Å². The molecule has 2 amide bonds. The Morgan fingerprint density at radius 2 is 1.41 bits per heavy atom. The Labute approximate surface area is 160 Å². The standard InChI is InChI=1S/C22H23NO3Si/c1-23-19(24)17-18(20(23)25)22(27(2,3)4)16-13-9-8-12-15(16)21(17,26-22)14-10-6-5-7-11-14/h5-13,17-18H,1-4H3/t17-,18+,21+,22+/m1/s1. The Hall–Kier alpha value is -2.24. The van der Waals surface area contributed by atoms with Gasteiger partial charge in [-0.15, -0.1) is 0 Å². The predicted molar refractivity (Wildman–Crippen MR) is 105 cm³/mol. The Bertz CT molecular complexity index is 983. The summed E-state index contributed by atoms with van der Waals surface area (Å²) >= 11 is 0. The molecule has 0 saturated carbocycles. The highest BCUT2D eigenvalue weighted by atomic mass is 28.3. The smallest absolute Gasteiger partial charge is 0.236 e. The molecule has 3 aliphatic heterocycles. The number of carbonyl (C=O) groups is 2. The first kappa shape index (κ1) is 16.9. The van der Waals surface area contributed by atoms with Crippen LogP contribution in [-0.2, 0) is 25.2 Å². The highest BCUT2D eigenvalue weighted by Gasteiger charge is 2.80. The first-order valence-electron chi connectivity index (χ1n) is 9.44. The lowest BCUT2D eigenvalue weighted by atomic mass is 9.66. The number of fused-ring (bicyclic) bond motifs is 8. The molecule has 0 unspecified atom stereocenters. The van der Waals surface area contributed by atoms with Gasteiger partial charge in [-0.05, 0) is 16.7 Å². The number of hydrogen-bond acceptors (Lipinski definition) is 3. The minimum atomic E-state index is -2.07. The van der Waals surface area contributed by atoms with Crippen LogP contribution in [0, 0.1) is 11.8 Å². The number of ether oxygens (including phenoxy) is 1. The van der Waals surface area contributed by atoms with Crippen LogP contribution < -0.4 is 0 Å². The van der Waals surface area contributed by atoms with Crippen LogP contribution in [0.25, 0.3) is 0 Å². The fourth-order valence-corrected chi connectivity index (χ4v) is 8.40. The SMILES string of the molecule is CN1C(=O)[C@@H]2[C@H](C1=O)[C@@]1(c3ccccc3)O[C@]2([Si](C)(C)C)c2ccccc21. The fourth-order valence-electron chi connectivity index (χ4n) is 5.69. The first-order chi connectivity index (χ1) is 12.8. The van der Waals surface area contributed by atoms with Crippen molar-refractivity contribution < 1.29 is 14.3 Å². The van der Waals surface area contributed by atoms with Crippen molar-refractivity contribution in [1.82, 2.24) is 4.90 Å². The number of nitrogens with zero attached hydrogens (tertiary/aromatic N) is 1. The normalized spacial score (nSPS) is 34.1.